The quantitative estimate of drug-likeness (QED) is 0.296. The monoisotopic (exact) mass is 589 g/mol. The van der Waals surface area contributed by atoms with Gasteiger partial charge in [-0.05, 0) is 40.7 Å². The van der Waals surface area contributed by atoms with Crippen molar-refractivity contribution >= 4 is 34.5 Å². The van der Waals surface area contributed by atoms with E-state index in [2.05, 4.69) is 5.32 Å². The van der Waals surface area contributed by atoms with E-state index in [0.29, 0.717) is 35.6 Å². The molecule has 8 nitrogen and oxygen atoms in total. The van der Waals surface area contributed by atoms with Crippen LogP contribution < -0.4 is 10.1 Å². The van der Waals surface area contributed by atoms with Crippen LogP contribution >= 0.6 is 17.0 Å². The molecule has 1 heterocycles. The first-order valence-corrected chi connectivity index (χ1v) is 12.4. The number of Topliss-reactive ketones (excluding diaryl/α,β-unsaturated/α-hetero) is 1. The molecule has 0 bridgehead atoms. The molecular formula is C29H40BrN3O5. The predicted octanol–water partition coefficient (Wildman–Crippen LogP) is 4.97. The predicted molar refractivity (Wildman–Crippen MR) is 155 cm³/mol. The Labute approximate surface area is 236 Å². The summed E-state index contributed by atoms with van der Waals surface area (Å²) in [6, 6.07) is 6.96. The highest BCUT2D eigenvalue weighted by molar-refractivity contribution is 8.93. The molecule has 9 heteroatoms. The van der Waals surface area contributed by atoms with Crippen molar-refractivity contribution in [3.8, 4) is 11.5 Å². The number of halogens is 1. The van der Waals surface area contributed by atoms with Gasteiger partial charge >= 0.3 is 0 Å². The van der Waals surface area contributed by atoms with Crippen molar-refractivity contribution in [1.29, 1.82) is 5.41 Å². The number of amidine groups is 1. The lowest BCUT2D eigenvalue weighted by Crippen LogP contribution is -2.31. The number of fused-ring (bicyclic) bond motifs is 1. The molecule has 0 aliphatic carbocycles. The second kappa shape index (κ2) is 11.9. The average Bonchev–Trinajstić information content (AvgIpc) is 3.10. The van der Waals surface area contributed by atoms with Gasteiger partial charge in [0.15, 0.2) is 5.78 Å². The van der Waals surface area contributed by atoms with Gasteiger partial charge in [-0.2, -0.15) is 0 Å². The van der Waals surface area contributed by atoms with Gasteiger partial charge in [0.2, 0.25) is 0 Å². The molecule has 0 spiro atoms. The smallest absolute Gasteiger partial charge is 0.254 e. The standard InChI is InChI=1S/C29H39N3O5.BrH/c1-28(2,3)21-11-17(12-22(25(21)34)29(4,5)6)23(33)16-32-15-18-13-24(37-10-9-36-8)20(27(35)31-7)14-19(18)26(32)30;/h11-14,30,34H,9-10,15-16H2,1-8H3,(H,31,35);1H. The van der Waals surface area contributed by atoms with Crippen LogP contribution in [0.2, 0.25) is 0 Å². The van der Waals surface area contributed by atoms with E-state index in [0.717, 1.165) is 16.7 Å². The number of carbonyl (C=O) groups excluding carboxylic acids is 2. The van der Waals surface area contributed by atoms with Gasteiger partial charge in [-0.15, -0.1) is 17.0 Å². The van der Waals surface area contributed by atoms with E-state index < -0.39 is 0 Å². The number of ketones is 1. The van der Waals surface area contributed by atoms with Gasteiger partial charge in [-0.1, -0.05) is 41.5 Å². The van der Waals surface area contributed by atoms with Crippen molar-refractivity contribution in [2.45, 2.75) is 58.9 Å². The van der Waals surface area contributed by atoms with E-state index in [1.807, 2.05) is 41.5 Å². The molecule has 0 aromatic heterocycles. The molecule has 0 fully saturated rings. The first-order valence-electron chi connectivity index (χ1n) is 12.4. The molecular weight excluding hydrogens is 550 g/mol. The Morgan fingerprint density at radius 1 is 1.03 bits per heavy atom. The topological polar surface area (TPSA) is 112 Å². The Kier molecular flexibility index (Phi) is 9.78. The molecule has 1 aliphatic heterocycles. The minimum Gasteiger partial charge on any atom is -0.507 e. The first-order chi connectivity index (χ1) is 17.2. The van der Waals surface area contributed by atoms with Crippen LogP contribution in [0.1, 0.15) is 84.5 Å². The third kappa shape index (κ3) is 6.56. The largest absolute Gasteiger partial charge is 0.507 e. The molecule has 0 saturated heterocycles. The molecule has 3 rings (SSSR count). The highest BCUT2D eigenvalue weighted by atomic mass is 79.9. The van der Waals surface area contributed by atoms with Crippen LogP contribution in [-0.2, 0) is 22.1 Å². The summed E-state index contributed by atoms with van der Waals surface area (Å²) in [4.78, 5) is 27.7. The van der Waals surface area contributed by atoms with E-state index in [4.69, 9.17) is 14.9 Å². The van der Waals surface area contributed by atoms with Crippen LogP contribution in [0, 0.1) is 5.41 Å². The highest BCUT2D eigenvalue weighted by Gasteiger charge is 2.31. The van der Waals surface area contributed by atoms with E-state index >= 15 is 0 Å². The SMILES string of the molecule is Br.CNC(=O)c1cc2c(cc1OCCOC)CN(CC(=O)c1cc(C(C)(C)C)c(O)c(C(C)(C)C)c1)C2=N. The number of ether oxygens (including phenoxy) is 2. The molecule has 1 amide bonds. The van der Waals surface area contributed by atoms with Gasteiger partial charge in [0, 0.05) is 43.0 Å². The van der Waals surface area contributed by atoms with Crippen LogP contribution in [0.3, 0.4) is 0 Å². The zero-order chi connectivity index (χ0) is 27.7. The summed E-state index contributed by atoms with van der Waals surface area (Å²) in [7, 11) is 3.12. The van der Waals surface area contributed by atoms with Crippen LogP contribution in [0.15, 0.2) is 24.3 Å². The summed E-state index contributed by atoms with van der Waals surface area (Å²) in [5.41, 5.74) is 2.98. The number of hydrogen-bond donors (Lipinski definition) is 3. The summed E-state index contributed by atoms with van der Waals surface area (Å²) in [6.07, 6.45) is 0. The maximum absolute atomic E-state index is 13.5. The van der Waals surface area contributed by atoms with E-state index in [1.54, 1.807) is 43.3 Å². The zero-order valence-corrected chi connectivity index (χ0v) is 25.3. The lowest BCUT2D eigenvalue weighted by atomic mass is 9.78. The molecule has 2 aromatic rings. The van der Waals surface area contributed by atoms with Crippen LogP contribution in [0.4, 0.5) is 0 Å². The second-order valence-corrected chi connectivity index (χ2v) is 11.5. The van der Waals surface area contributed by atoms with Gasteiger partial charge in [-0.25, -0.2) is 0 Å². The molecule has 208 valence electrons. The molecule has 0 atom stereocenters. The van der Waals surface area contributed by atoms with Gasteiger partial charge in [0.1, 0.15) is 23.9 Å². The van der Waals surface area contributed by atoms with Crippen LogP contribution in [0.25, 0.3) is 0 Å². The molecule has 0 radical (unpaired) electrons. The highest BCUT2D eigenvalue weighted by Crippen LogP contribution is 2.40. The van der Waals surface area contributed by atoms with E-state index in [-0.39, 0.29) is 64.2 Å². The van der Waals surface area contributed by atoms with Crippen molar-refractivity contribution in [2.75, 3.05) is 33.9 Å². The fraction of sp³-hybridized carbons (Fsp3) is 0.483. The lowest BCUT2D eigenvalue weighted by Gasteiger charge is -2.28. The van der Waals surface area contributed by atoms with Crippen molar-refractivity contribution in [3.63, 3.8) is 0 Å². The first kappa shape index (κ1) is 31.3. The van der Waals surface area contributed by atoms with Crippen molar-refractivity contribution in [3.05, 3.63) is 57.6 Å². The summed E-state index contributed by atoms with van der Waals surface area (Å²) >= 11 is 0. The fourth-order valence-corrected chi connectivity index (χ4v) is 4.43. The molecule has 0 saturated carbocycles. The van der Waals surface area contributed by atoms with Gasteiger partial charge < -0.3 is 24.8 Å². The molecule has 38 heavy (non-hydrogen) atoms. The van der Waals surface area contributed by atoms with Gasteiger partial charge in [0.25, 0.3) is 5.91 Å². The normalized spacial score (nSPS) is 13.2. The summed E-state index contributed by atoms with van der Waals surface area (Å²) < 4.78 is 10.8. The van der Waals surface area contributed by atoms with E-state index in [9.17, 15) is 14.7 Å². The number of methoxy groups -OCH3 is 1. The number of hydrogen-bond acceptors (Lipinski definition) is 6. The number of phenols is 1. The van der Waals surface area contributed by atoms with Gasteiger partial charge in [-0.3, -0.25) is 15.0 Å². The average molecular weight is 591 g/mol. The Bertz CT molecular complexity index is 1190. The number of carbonyl (C=O) groups is 2. The van der Waals surface area contributed by atoms with Crippen LogP contribution in [-0.4, -0.2) is 61.4 Å². The Morgan fingerprint density at radius 2 is 1.61 bits per heavy atom. The second-order valence-electron chi connectivity index (χ2n) is 11.5. The number of rotatable bonds is 8. The number of aromatic hydroxyl groups is 1. The molecule has 1 aliphatic rings. The third-order valence-electron chi connectivity index (χ3n) is 6.54. The summed E-state index contributed by atoms with van der Waals surface area (Å²) in [6.45, 7) is 13.0. The minimum atomic E-state index is -0.355. The fourth-order valence-electron chi connectivity index (χ4n) is 4.43. The number of nitrogens with one attached hydrogen (secondary N) is 2. The van der Waals surface area contributed by atoms with E-state index in [1.165, 1.54) is 0 Å². The molecule has 3 N–H and O–H groups in total. The zero-order valence-electron chi connectivity index (χ0n) is 23.6. The number of benzene rings is 2. The number of amides is 1. The number of nitrogens with zero attached hydrogens (tertiary/aromatic N) is 1. The van der Waals surface area contributed by atoms with Crippen molar-refractivity contribution in [1.82, 2.24) is 10.2 Å². The summed E-state index contributed by atoms with van der Waals surface area (Å²) in [5, 5.41) is 22.3. The van der Waals surface area contributed by atoms with Crippen molar-refractivity contribution < 1.29 is 24.2 Å². The Balaban J connectivity index is 0.00000507. The Hall–Kier alpha value is -2.91. The minimum absolute atomic E-state index is 0. The maximum atomic E-state index is 13.5. The molecule has 2 aromatic carbocycles. The van der Waals surface area contributed by atoms with Crippen LogP contribution in [0.5, 0.6) is 11.5 Å². The Morgan fingerprint density at radius 3 is 2.11 bits per heavy atom. The van der Waals surface area contributed by atoms with Gasteiger partial charge in [0.05, 0.1) is 18.7 Å². The molecule has 0 unspecified atom stereocenters. The third-order valence-corrected chi connectivity index (χ3v) is 6.54. The lowest BCUT2D eigenvalue weighted by molar-refractivity contribution is 0.0950. The van der Waals surface area contributed by atoms with Crippen molar-refractivity contribution in [2.24, 2.45) is 0 Å². The number of phenolic OH excluding ortho intramolecular Hbond substituents is 1. The maximum Gasteiger partial charge on any atom is 0.254 e. The summed E-state index contributed by atoms with van der Waals surface area (Å²) in [5.74, 6) is 0.366.